The summed E-state index contributed by atoms with van der Waals surface area (Å²) in [6, 6.07) is 26.9. The number of anilines is 2. The third kappa shape index (κ3) is 3.33. The summed E-state index contributed by atoms with van der Waals surface area (Å²) in [5, 5.41) is 7.24. The zero-order valence-electron chi connectivity index (χ0n) is 16.5. The third-order valence-electron chi connectivity index (χ3n) is 5.99. The predicted octanol–water partition coefficient (Wildman–Crippen LogP) is 5.97. The second kappa shape index (κ2) is 7.25. The van der Waals surface area contributed by atoms with Gasteiger partial charge in [-0.15, -0.1) is 0 Å². The standard InChI is InChI=1S/C26H24N2O/c1-17-11-13-19(14-12-17)26-25-23(27-21-9-5-6-10-22(21)28-26)15-20(16-24(25)29)18-7-3-2-4-8-18/h2-14,20,26-28H,15-16H2,1H3. The van der Waals surface area contributed by atoms with Crippen LogP contribution in [0.3, 0.4) is 0 Å². The summed E-state index contributed by atoms with van der Waals surface area (Å²) in [5.74, 6) is 0.428. The highest BCUT2D eigenvalue weighted by molar-refractivity contribution is 6.01. The number of benzene rings is 3. The summed E-state index contributed by atoms with van der Waals surface area (Å²) in [6.45, 7) is 2.09. The lowest BCUT2D eigenvalue weighted by Crippen LogP contribution is -2.26. The molecule has 2 atom stereocenters. The zero-order chi connectivity index (χ0) is 19.8. The lowest BCUT2D eigenvalue weighted by Gasteiger charge is -2.30. The number of para-hydroxylation sites is 2. The molecule has 1 aliphatic heterocycles. The summed E-state index contributed by atoms with van der Waals surface area (Å²) >= 11 is 0. The van der Waals surface area contributed by atoms with E-state index >= 15 is 0 Å². The SMILES string of the molecule is Cc1ccc(C2Nc3ccccc3NC3=C2C(=O)CC(c2ccccc2)C3)cc1. The molecule has 3 aromatic rings. The molecule has 3 aromatic carbocycles. The molecule has 3 nitrogen and oxygen atoms in total. The highest BCUT2D eigenvalue weighted by Crippen LogP contribution is 2.44. The van der Waals surface area contributed by atoms with E-state index in [-0.39, 0.29) is 17.7 Å². The first-order valence-electron chi connectivity index (χ1n) is 10.2. The summed E-state index contributed by atoms with van der Waals surface area (Å²) in [7, 11) is 0. The molecule has 0 saturated carbocycles. The fourth-order valence-corrected chi connectivity index (χ4v) is 4.46. The van der Waals surface area contributed by atoms with Crippen molar-refractivity contribution < 1.29 is 4.79 Å². The van der Waals surface area contributed by atoms with Crippen molar-refractivity contribution in [2.75, 3.05) is 10.6 Å². The monoisotopic (exact) mass is 380 g/mol. The second-order valence-electron chi connectivity index (χ2n) is 7.99. The topological polar surface area (TPSA) is 41.1 Å². The summed E-state index contributed by atoms with van der Waals surface area (Å²) in [4.78, 5) is 13.4. The van der Waals surface area contributed by atoms with Crippen molar-refractivity contribution in [2.24, 2.45) is 0 Å². The van der Waals surface area contributed by atoms with Gasteiger partial charge in [-0.25, -0.2) is 0 Å². The average molecular weight is 380 g/mol. The lowest BCUT2D eigenvalue weighted by molar-refractivity contribution is -0.116. The number of Topliss-reactive ketones (excluding diaryl/α,β-unsaturated/α-hetero) is 1. The van der Waals surface area contributed by atoms with Crippen LogP contribution in [0.5, 0.6) is 0 Å². The second-order valence-corrected chi connectivity index (χ2v) is 7.99. The van der Waals surface area contributed by atoms with Crippen molar-refractivity contribution in [1.82, 2.24) is 0 Å². The zero-order valence-corrected chi connectivity index (χ0v) is 16.5. The Morgan fingerprint density at radius 3 is 2.21 bits per heavy atom. The van der Waals surface area contributed by atoms with Gasteiger partial charge in [-0.1, -0.05) is 72.3 Å². The minimum absolute atomic E-state index is 0.147. The van der Waals surface area contributed by atoms with E-state index in [0.717, 1.165) is 34.6 Å². The fourth-order valence-electron chi connectivity index (χ4n) is 4.46. The number of carbonyl (C=O) groups excluding carboxylic acids is 1. The van der Waals surface area contributed by atoms with Gasteiger partial charge in [-0.3, -0.25) is 4.79 Å². The number of hydrogen-bond donors (Lipinski definition) is 2. The summed E-state index contributed by atoms with van der Waals surface area (Å²) < 4.78 is 0. The number of nitrogens with one attached hydrogen (secondary N) is 2. The molecular formula is C26H24N2O. The number of fused-ring (bicyclic) bond motifs is 1. The van der Waals surface area contributed by atoms with Crippen molar-refractivity contribution in [3.8, 4) is 0 Å². The van der Waals surface area contributed by atoms with Gasteiger partial charge in [0.15, 0.2) is 5.78 Å². The van der Waals surface area contributed by atoms with Crippen LogP contribution in [0.25, 0.3) is 0 Å². The van der Waals surface area contributed by atoms with Crippen LogP contribution in [0.4, 0.5) is 11.4 Å². The highest BCUT2D eigenvalue weighted by Gasteiger charge is 2.35. The molecule has 0 fully saturated rings. The minimum Gasteiger partial charge on any atom is -0.372 e. The molecule has 5 rings (SSSR count). The van der Waals surface area contributed by atoms with Gasteiger partial charge in [-0.2, -0.15) is 0 Å². The molecule has 2 aliphatic rings. The predicted molar refractivity (Wildman–Crippen MR) is 118 cm³/mol. The molecule has 144 valence electrons. The quantitative estimate of drug-likeness (QED) is 0.575. The van der Waals surface area contributed by atoms with Crippen molar-refractivity contribution in [3.05, 3.63) is 107 Å². The molecule has 1 heterocycles. The van der Waals surface area contributed by atoms with Gasteiger partial charge < -0.3 is 10.6 Å². The van der Waals surface area contributed by atoms with Crippen molar-refractivity contribution in [3.63, 3.8) is 0 Å². The van der Waals surface area contributed by atoms with Crippen molar-refractivity contribution >= 4 is 17.2 Å². The number of aryl methyl sites for hydroxylation is 1. The molecule has 1 aliphatic carbocycles. The molecule has 0 bridgehead atoms. The lowest BCUT2D eigenvalue weighted by atomic mass is 9.78. The molecule has 0 saturated heterocycles. The maximum Gasteiger partial charge on any atom is 0.163 e. The van der Waals surface area contributed by atoms with E-state index in [4.69, 9.17) is 0 Å². The van der Waals surface area contributed by atoms with Crippen LogP contribution in [0.2, 0.25) is 0 Å². The molecule has 29 heavy (non-hydrogen) atoms. The Bertz CT molecular complexity index is 1080. The molecule has 3 heteroatoms. The fraction of sp³-hybridized carbons (Fsp3) is 0.192. The minimum atomic E-state index is -0.147. The number of hydrogen-bond acceptors (Lipinski definition) is 3. The molecule has 2 N–H and O–H groups in total. The Kier molecular flexibility index (Phi) is 4.44. The van der Waals surface area contributed by atoms with Crippen LogP contribution in [-0.2, 0) is 4.79 Å². The molecule has 0 spiro atoms. The molecule has 0 radical (unpaired) electrons. The van der Waals surface area contributed by atoms with Crippen LogP contribution in [-0.4, -0.2) is 5.78 Å². The molecular weight excluding hydrogens is 356 g/mol. The van der Waals surface area contributed by atoms with Crippen LogP contribution >= 0.6 is 0 Å². The van der Waals surface area contributed by atoms with Gasteiger partial charge in [-0.05, 0) is 42.5 Å². The molecule has 0 amide bonds. The van der Waals surface area contributed by atoms with E-state index in [0.29, 0.717) is 6.42 Å². The van der Waals surface area contributed by atoms with E-state index in [1.54, 1.807) is 0 Å². The van der Waals surface area contributed by atoms with Crippen molar-refractivity contribution in [2.45, 2.75) is 31.7 Å². The summed E-state index contributed by atoms with van der Waals surface area (Å²) in [6.07, 6.45) is 1.38. The van der Waals surface area contributed by atoms with E-state index in [9.17, 15) is 4.79 Å². The van der Waals surface area contributed by atoms with Gasteiger partial charge in [0.25, 0.3) is 0 Å². The molecule has 2 unspecified atom stereocenters. The first-order valence-corrected chi connectivity index (χ1v) is 10.2. The Morgan fingerprint density at radius 1 is 0.759 bits per heavy atom. The van der Waals surface area contributed by atoms with Crippen molar-refractivity contribution in [1.29, 1.82) is 0 Å². The Morgan fingerprint density at radius 2 is 1.45 bits per heavy atom. The Hall–Kier alpha value is -3.33. The van der Waals surface area contributed by atoms with Gasteiger partial charge in [0.05, 0.1) is 17.4 Å². The van der Waals surface area contributed by atoms with Gasteiger partial charge in [0.1, 0.15) is 0 Å². The number of allylic oxidation sites excluding steroid dienone is 1. The largest absolute Gasteiger partial charge is 0.372 e. The summed E-state index contributed by atoms with van der Waals surface area (Å²) in [5.41, 5.74) is 7.52. The van der Waals surface area contributed by atoms with E-state index in [2.05, 4.69) is 78.2 Å². The van der Waals surface area contributed by atoms with Gasteiger partial charge in [0.2, 0.25) is 0 Å². The Balaban J connectivity index is 1.61. The maximum atomic E-state index is 13.4. The Labute approximate surface area is 171 Å². The number of carbonyl (C=O) groups is 1. The van der Waals surface area contributed by atoms with Crippen LogP contribution in [0.15, 0.2) is 90.1 Å². The first-order chi connectivity index (χ1) is 14.2. The number of rotatable bonds is 2. The van der Waals surface area contributed by atoms with Gasteiger partial charge in [0, 0.05) is 17.7 Å². The van der Waals surface area contributed by atoms with E-state index in [1.807, 2.05) is 18.2 Å². The third-order valence-corrected chi connectivity index (χ3v) is 5.99. The highest BCUT2D eigenvalue weighted by atomic mass is 16.1. The van der Waals surface area contributed by atoms with Crippen LogP contribution in [0, 0.1) is 6.92 Å². The van der Waals surface area contributed by atoms with E-state index < -0.39 is 0 Å². The maximum absolute atomic E-state index is 13.4. The molecule has 0 aromatic heterocycles. The van der Waals surface area contributed by atoms with Crippen LogP contribution < -0.4 is 10.6 Å². The van der Waals surface area contributed by atoms with Crippen LogP contribution in [0.1, 0.15) is 41.5 Å². The normalized spacial score (nSPS) is 20.8. The van der Waals surface area contributed by atoms with Gasteiger partial charge >= 0.3 is 0 Å². The number of ketones is 1. The average Bonchev–Trinajstić information content (AvgIpc) is 2.92. The smallest absolute Gasteiger partial charge is 0.163 e. The first kappa shape index (κ1) is 17.7. The van der Waals surface area contributed by atoms with E-state index in [1.165, 1.54) is 11.1 Å².